The van der Waals surface area contributed by atoms with Gasteiger partial charge in [0.2, 0.25) is 0 Å². The van der Waals surface area contributed by atoms with Crippen molar-refractivity contribution in [3.8, 4) is 5.75 Å². The molecule has 78 valence electrons. The summed E-state index contributed by atoms with van der Waals surface area (Å²) in [5, 5.41) is 0. The minimum atomic E-state index is -3.45. The predicted molar refractivity (Wildman–Crippen MR) is 62.1 cm³/mol. The second-order valence-electron chi connectivity index (χ2n) is 2.73. The Morgan fingerprint density at radius 3 is 2.57 bits per heavy atom. The van der Waals surface area contributed by atoms with Crippen LogP contribution < -0.4 is 7.67 Å². The number of methoxy groups -OCH3 is 1. The van der Waals surface area contributed by atoms with Crippen LogP contribution in [0.2, 0.25) is 0 Å². The Morgan fingerprint density at radius 2 is 2.07 bits per heavy atom. The van der Waals surface area contributed by atoms with Gasteiger partial charge in [-0.25, -0.2) is 8.42 Å². The SMILES string of the molecule is COc1ccc(C)cc1S(=O)(=O)NI. The third-order valence-corrected chi connectivity index (χ3v) is 4.55. The Labute approximate surface area is 97.2 Å². The van der Waals surface area contributed by atoms with Crippen LogP contribution in [0, 0.1) is 6.92 Å². The monoisotopic (exact) mass is 327 g/mol. The molecule has 0 aliphatic heterocycles. The Balaban J connectivity index is 3.39. The molecule has 0 atom stereocenters. The normalized spacial score (nSPS) is 11.4. The van der Waals surface area contributed by atoms with Crippen LogP contribution in [0.5, 0.6) is 5.75 Å². The molecule has 0 unspecified atom stereocenters. The fourth-order valence-corrected chi connectivity index (χ4v) is 2.59. The summed E-state index contributed by atoms with van der Waals surface area (Å²) in [6.45, 7) is 1.83. The molecule has 1 aromatic rings. The maximum absolute atomic E-state index is 11.5. The average Bonchev–Trinajstić information content (AvgIpc) is 2.18. The van der Waals surface area contributed by atoms with Crippen LogP contribution >= 0.6 is 22.9 Å². The zero-order chi connectivity index (χ0) is 10.8. The van der Waals surface area contributed by atoms with Crippen molar-refractivity contribution >= 4 is 32.9 Å². The number of nitrogens with one attached hydrogen (secondary N) is 1. The van der Waals surface area contributed by atoms with Crippen molar-refractivity contribution < 1.29 is 13.2 Å². The Bertz CT molecular complexity index is 430. The summed E-state index contributed by atoms with van der Waals surface area (Å²) in [7, 11) is -2.01. The van der Waals surface area contributed by atoms with Crippen molar-refractivity contribution in [2.75, 3.05) is 7.11 Å². The second kappa shape index (κ2) is 4.45. The van der Waals surface area contributed by atoms with Crippen LogP contribution in [0.3, 0.4) is 0 Å². The van der Waals surface area contributed by atoms with Crippen LogP contribution in [-0.4, -0.2) is 15.5 Å². The zero-order valence-corrected chi connectivity index (χ0v) is 10.7. The van der Waals surface area contributed by atoms with Gasteiger partial charge < -0.3 is 4.74 Å². The first-order valence-corrected chi connectivity index (χ1v) is 6.34. The summed E-state index contributed by atoms with van der Waals surface area (Å²) in [4.78, 5) is 0.161. The highest BCUT2D eigenvalue weighted by Gasteiger charge is 2.17. The van der Waals surface area contributed by atoms with E-state index in [1.54, 1.807) is 41.1 Å². The van der Waals surface area contributed by atoms with E-state index >= 15 is 0 Å². The molecular formula is C8H10INO3S. The molecule has 1 rings (SSSR count). The van der Waals surface area contributed by atoms with E-state index in [0.717, 1.165) is 5.56 Å². The summed E-state index contributed by atoms with van der Waals surface area (Å²) < 4.78 is 30.3. The molecule has 1 aromatic carbocycles. The Morgan fingerprint density at radius 1 is 1.43 bits per heavy atom. The molecule has 14 heavy (non-hydrogen) atoms. The van der Waals surface area contributed by atoms with E-state index in [1.807, 2.05) is 6.92 Å². The van der Waals surface area contributed by atoms with Crippen LogP contribution in [0.4, 0.5) is 0 Å². The zero-order valence-electron chi connectivity index (χ0n) is 7.74. The van der Waals surface area contributed by atoms with E-state index in [1.165, 1.54) is 7.11 Å². The number of hydrogen-bond donors (Lipinski definition) is 1. The first-order chi connectivity index (χ1) is 6.51. The van der Waals surface area contributed by atoms with E-state index in [2.05, 4.69) is 2.94 Å². The summed E-state index contributed by atoms with van der Waals surface area (Å²) in [5.41, 5.74) is 0.871. The van der Waals surface area contributed by atoms with Gasteiger partial charge in [0.15, 0.2) is 0 Å². The number of rotatable bonds is 3. The molecule has 0 aromatic heterocycles. The molecule has 0 heterocycles. The van der Waals surface area contributed by atoms with Crippen molar-refractivity contribution in [3.05, 3.63) is 23.8 Å². The third kappa shape index (κ3) is 2.37. The maximum atomic E-state index is 11.5. The van der Waals surface area contributed by atoms with Gasteiger partial charge in [0.1, 0.15) is 10.6 Å². The number of hydrogen-bond acceptors (Lipinski definition) is 3. The van der Waals surface area contributed by atoms with Crippen molar-refractivity contribution in [1.82, 2.24) is 2.94 Å². The van der Waals surface area contributed by atoms with E-state index in [-0.39, 0.29) is 4.90 Å². The first kappa shape index (κ1) is 11.7. The third-order valence-electron chi connectivity index (χ3n) is 1.71. The molecule has 0 saturated carbocycles. The molecular weight excluding hydrogens is 317 g/mol. The first-order valence-electron chi connectivity index (χ1n) is 3.78. The van der Waals surface area contributed by atoms with Gasteiger partial charge in [-0.15, -0.1) is 0 Å². The molecule has 0 amide bonds. The molecule has 1 N–H and O–H groups in total. The van der Waals surface area contributed by atoms with Gasteiger partial charge in [-0.2, -0.15) is 2.94 Å². The van der Waals surface area contributed by atoms with Gasteiger partial charge in [-0.05, 0) is 24.6 Å². The van der Waals surface area contributed by atoms with Crippen LogP contribution in [0.1, 0.15) is 5.56 Å². The van der Waals surface area contributed by atoms with Crippen molar-refractivity contribution in [1.29, 1.82) is 0 Å². The van der Waals surface area contributed by atoms with Gasteiger partial charge >= 0.3 is 0 Å². The van der Waals surface area contributed by atoms with Gasteiger partial charge in [0.05, 0.1) is 7.11 Å². The Kier molecular flexibility index (Phi) is 3.73. The van der Waals surface area contributed by atoms with Crippen LogP contribution in [0.15, 0.2) is 23.1 Å². The van der Waals surface area contributed by atoms with Crippen LogP contribution in [0.25, 0.3) is 0 Å². The average molecular weight is 327 g/mol. The van der Waals surface area contributed by atoms with Gasteiger partial charge in [-0.1, -0.05) is 6.07 Å². The topological polar surface area (TPSA) is 55.4 Å². The summed E-state index contributed by atoms with van der Waals surface area (Å²) >= 11 is 1.58. The molecule has 0 saturated heterocycles. The van der Waals surface area contributed by atoms with E-state index in [0.29, 0.717) is 5.75 Å². The van der Waals surface area contributed by atoms with E-state index in [4.69, 9.17) is 4.74 Å². The molecule has 0 aliphatic rings. The lowest BCUT2D eigenvalue weighted by molar-refractivity contribution is 0.402. The highest BCUT2D eigenvalue weighted by atomic mass is 127. The number of benzene rings is 1. The summed E-state index contributed by atoms with van der Waals surface area (Å²) in [6, 6.07) is 5.00. The quantitative estimate of drug-likeness (QED) is 0.678. The molecule has 0 radical (unpaired) electrons. The minimum Gasteiger partial charge on any atom is -0.495 e. The van der Waals surface area contributed by atoms with Gasteiger partial charge in [0, 0.05) is 22.9 Å². The number of aryl methyl sites for hydroxylation is 1. The highest BCUT2D eigenvalue weighted by Crippen LogP contribution is 2.24. The van der Waals surface area contributed by atoms with Crippen molar-refractivity contribution in [2.24, 2.45) is 0 Å². The fourth-order valence-electron chi connectivity index (χ4n) is 1.04. The Hall–Kier alpha value is -0.340. The predicted octanol–water partition coefficient (Wildman–Crippen LogP) is 1.63. The molecule has 6 heteroatoms. The largest absolute Gasteiger partial charge is 0.495 e. The smallest absolute Gasteiger partial charge is 0.252 e. The molecule has 0 bridgehead atoms. The number of sulfonamides is 1. The maximum Gasteiger partial charge on any atom is 0.252 e. The van der Waals surface area contributed by atoms with E-state index < -0.39 is 10.0 Å². The van der Waals surface area contributed by atoms with Crippen molar-refractivity contribution in [2.45, 2.75) is 11.8 Å². The van der Waals surface area contributed by atoms with Crippen molar-refractivity contribution in [3.63, 3.8) is 0 Å². The van der Waals surface area contributed by atoms with Gasteiger partial charge in [-0.3, -0.25) is 0 Å². The summed E-state index contributed by atoms with van der Waals surface area (Å²) in [5.74, 6) is 0.347. The van der Waals surface area contributed by atoms with Gasteiger partial charge in [0.25, 0.3) is 10.0 Å². The lowest BCUT2D eigenvalue weighted by Crippen LogP contribution is -2.14. The molecule has 4 nitrogen and oxygen atoms in total. The number of ether oxygens (including phenoxy) is 1. The second-order valence-corrected chi connectivity index (χ2v) is 5.66. The fraction of sp³-hybridized carbons (Fsp3) is 0.250. The van der Waals surface area contributed by atoms with Crippen LogP contribution in [-0.2, 0) is 10.0 Å². The summed E-state index contributed by atoms with van der Waals surface area (Å²) in [6.07, 6.45) is 0. The molecule has 0 spiro atoms. The van der Waals surface area contributed by atoms with E-state index in [9.17, 15) is 8.42 Å². The minimum absolute atomic E-state index is 0.161. The molecule has 0 aliphatic carbocycles. The standard InChI is InChI=1S/C8H10INO3S/c1-6-3-4-7(13-2)8(5-6)14(11,12)10-9/h3-5,10H,1-2H3. The highest BCUT2D eigenvalue weighted by molar-refractivity contribution is 14.1. The molecule has 0 fully saturated rings. The number of halogens is 1. The lowest BCUT2D eigenvalue weighted by atomic mass is 10.2. The lowest BCUT2D eigenvalue weighted by Gasteiger charge is -2.08.